The highest BCUT2D eigenvalue weighted by Crippen LogP contribution is 2.31. The Kier molecular flexibility index (Phi) is 5.05. The van der Waals surface area contributed by atoms with E-state index in [1.807, 2.05) is 0 Å². The number of nitrogens with zero attached hydrogens (tertiary/aromatic N) is 3. The summed E-state index contributed by atoms with van der Waals surface area (Å²) in [5.41, 5.74) is 2.23. The number of aromatic amines is 1. The van der Waals surface area contributed by atoms with Crippen molar-refractivity contribution in [2.24, 2.45) is 0 Å². The molecular formula is C19H22ClFN4O. The summed E-state index contributed by atoms with van der Waals surface area (Å²) in [5, 5.41) is 0.303. The lowest BCUT2D eigenvalue weighted by Crippen LogP contribution is -2.36. The van der Waals surface area contributed by atoms with Crippen molar-refractivity contribution < 1.29 is 4.39 Å². The summed E-state index contributed by atoms with van der Waals surface area (Å²) in [7, 11) is 0. The third kappa shape index (κ3) is 3.67. The van der Waals surface area contributed by atoms with Gasteiger partial charge >= 0.3 is 0 Å². The van der Waals surface area contributed by atoms with E-state index >= 15 is 0 Å². The van der Waals surface area contributed by atoms with Gasteiger partial charge in [0.1, 0.15) is 16.8 Å². The second-order valence-electron chi connectivity index (χ2n) is 7.28. The van der Waals surface area contributed by atoms with Crippen LogP contribution in [0.25, 0.3) is 0 Å². The second-order valence-corrected chi connectivity index (χ2v) is 7.63. The predicted molar refractivity (Wildman–Crippen MR) is 97.7 cm³/mol. The molecule has 0 radical (unpaired) electrons. The lowest BCUT2D eigenvalue weighted by molar-refractivity contribution is 0.240. The van der Waals surface area contributed by atoms with E-state index in [4.69, 9.17) is 16.6 Å². The van der Waals surface area contributed by atoms with Crippen LogP contribution in [0.2, 0.25) is 5.15 Å². The van der Waals surface area contributed by atoms with Gasteiger partial charge in [0, 0.05) is 37.5 Å². The first-order chi connectivity index (χ1) is 12.6. The van der Waals surface area contributed by atoms with Gasteiger partial charge < -0.3 is 4.98 Å². The minimum absolute atomic E-state index is 0.0382. The number of rotatable bonds is 3. The molecule has 2 aromatic rings. The standard InChI is InChI=1S/C19H22ClFN4O/c20-17-13(8-14(21)9-22-17)10-25-7-6-16-15(11-25)19(26)24-18(23-16)12-4-2-1-3-5-12/h8-9,12H,1-7,10-11H2,(H,23,24,26). The Morgan fingerprint density at radius 2 is 2.12 bits per heavy atom. The van der Waals surface area contributed by atoms with Crippen molar-refractivity contribution in [1.82, 2.24) is 19.9 Å². The fraction of sp³-hybridized carbons (Fsp3) is 0.526. The molecule has 0 amide bonds. The normalized spacial score (nSPS) is 18.7. The van der Waals surface area contributed by atoms with Crippen molar-refractivity contribution >= 4 is 11.6 Å². The lowest BCUT2D eigenvalue weighted by Gasteiger charge is -2.29. The van der Waals surface area contributed by atoms with Crippen LogP contribution in [-0.2, 0) is 19.5 Å². The summed E-state index contributed by atoms with van der Waals surface area (Å²) in [5.74, 6) is 0.842. The van der Waals surface area contributed by atoms with Crippen LogP contribution in [0.4, 0.5) is 4.39 Å². The Balaban J connectivity index is 1.53. The number of H-pyrrole nitrogens is 1. The Labute approximate surface area is 156 Å². The smallest absolute Gasteiger partial charge is 0.255 e. The quantitative estimate of drug-likeness (QED) is 0.832. The maximum absolute atomic E-state index is 13.4. The Hall–Kier alpha value is -1.79. The third-order valence-electron chi connectivity index (χ3n) is 5.43. The first-order valence-electron chi connectivity index (χ1n) is 9.24. The zero-order valence-electron chi connectivity index (χ0n) is 14.6. The lowest BCUT2D eigenvalue weighted by atomic mass is 9.88. The molecule has 2 aromatic heterocycles. The average Bonchev–Trinajstić information content (AvgIpc) is 2.66. The third-order valence-corrected chi connectivity index (χ3v) is 5.77. The van der Waals surface area contributed by atoms with E-state index in [9.17, 15) is 9.18 Å². The van der Waals surface area contributed by atoms with Gasteiger partial charge in [-0.15, -0.1) is 0 Å². The molecule has 0 saturated heterocycles. The van der Waals surface area contributed by atoms with E-state index in [1.165, 1.54) is 25.3 Å². The number of aromatic nitrogens is 3. The number of fused-ring (bicyclic) bond motifs is 1. The van der Waals surface area contributed by atoms with Crippen LogP contribution in [-0.4, -0.2) is 26.4 Å². The largest absolute Gasteiger partial charge is 0.310 e. The minimum Gasteiger partial charge on any atom is -0.310 e. The molecule has 0 unspecified atom stereocenters. The molecular weight excluding hydrogens is 355 g/mol. The molecule has 1 N–H and O–H groups in total. The van der Waals surface area contributed by atoms with Gasteiger partial charge in [0.05, 0.1) is 17.5 Å². The van der Waals surface area contributed by atoms with Crippen LogP contribution >= 0.6 is 11.6 Å². The van der Waals surface area contributed by atoms with Crippen LogP contribution < -0.4 is 5.56 Å². The molecule has 0 atom stereocenters. The highest BCUT2D eigenvalue weighted by atomic mass is 35.5. The highest BCUT2D eigenvalue weighted by molar-refractivity contribution is 6.30. The molecule has 1 aliphatic heterocycles. The van der Waals surface area contributed by atoms with Gasteiger partial charge in [0.25, 0.3) is 5.56 Å². The second kappa shape index (κ2) is 7.45. The number of halogens is 2. The highest BCUT2D eigenvalue weighted by Gasteiger charge is 2.25. The first-order valence-corrected chi connectivity index (χ1v) is 9.62. The Morgan fingerprint density at radius 3 is 2.92 bits per heavy atom. The van der Waals surface area contributed by atoms with E-state index in [0.717, 1.165) is 49.1 Å². The topological polar surface area (TPSA) is 61.9 Å². The average molecular weight is 377 g/mol. The summed E-state index contributed by atoms with van der Waals surface area (Å²) < 4.78 is 13.4. The van der Waals surface area contributed by atoms with Crippen LogP contribution in [0.3, 0.4) is 0 Å². The first kappa shape index (κ1) is 17.6. The molecule has 1 fully saturated rings. The monoisotopic (exact) mass is 376 g/mol. The van der Waals surface area contributed by atoms with Crippen molar-refractivity contribution in [3.05, 3.63) is 56.2 Å². The Morgan fingerprint density at radius 1 is 1.31 bits per heavy atom. The van der Waals surface area contributed by atoms with E-state index in [2.05, 4.69) is 14.9 Å². The predicted octanol–water partition coefficient (Wildman–Crippen LogP) is 3.56. The molecule has 0 aromatic carbocycles. The van der Waals surface area contributed by atoms with E-state index in [0.29, 0.717) is 29.7 Å². The van der Waals surface area contributed by atoms with Crippen molar-refractivity contribution in [1.29, 1.82) is 0 Å². The van der Waals surface area contributed by atoms with Crippen LogP contribution in [0.5, 0.6) is 0 Å². The van der Waals surface area contributed by atoms with Crippen molar-refractivity contribution in [3.8, 4) is 0 Å². The van der Waals surface area contributed by atoms with Gasteiger partial charge in [-0.1, -0.05) is 30.9 Å². The van der Waals surface area contributed by atoms with Gasteiger partial charge in [0.15, 0.2) is 0 Å². The summed E-state index contributed by atoms with van der Waals surface area (Å²) >= 11 is 6.07. The van der Waals surface area contributed by atoms with Gasteiger partial charge in [-0.05, 0) is 18.9 Å². The summed E-state index contributed by atoms with van der Waals surface area (Å²) in [6, 6.07) is 1.40. The fourth-order valence-corrected chi connectivity index (χ4v) is 4.18. The van der Waals surface area contributed by atoms with E-state index in [-0.39, 0.29) is 5.56 Å². The number of nitrogens with one attached hydrogen (secondary N) is 1. The van der Waals surface area contributed by atoms with Crippen LogP contribution in [0.1, 0.15) is 60.7 Å². The number of pyridine rings is 1. The molecule has 1 saturated carbocycles. The zero-order valence-corrected chi connectivity index (χ0v) is 15.4. The zero-order chi connectivity index (χ0) is 18.1. The molecule has 5 nitrogen and oxygen atoms in total. The summed E-state index contributed by atoms with van der Waals surface area (Å²) in [6.07, 6.45) is 7.75. The van der Waals surface area contributed by atoms with Crippen LogP contribution in [0, 0.1) is 5.82 Å². The van der Waals surface area contributed by atoms with E-state index in [1.54, 1.807) is 0 Å². The minimum atomic E-state index is -0.404. The van der Waals surface area contributed by atoms with Crippen molar-refractivity contribution in [2.75, 3.05) is 6.54 Å². The molecule has 3 heterocycles. The molecule has 4 rings (SSSR count). The number of hydrogen-bond acceptors (Lipinski definition) is 4. The fourth-order valence-electron chi connectivity index (χ4n) is 4.02. The molecule has 138 valence electrons. The van der Waals surface area contributed by atoms with Crippen molar-refractivity contribution in [3.63, 3.8) is 0 Å². The molecule has 2 aliphatic rings. The molecule has 1 aliphatic carbocycles. The molecule has 0 bridgehead atoms. The summed E-state index contributed by atoms with van der Waals surface area (Å²) in [4.78, 5) is 26.4. The summed E-state index contributed by atoms with van der Waals surface area (Å²) in [6.45, 7) is 1.72. The van der Waals surface area contributed by atoms with Gasteiger partial charge in [-0.2, -0.15) is 0 Å². The Bertz CT molecular complexity index is 863. The number of hydrogen-bond donors (Lipinski definition) is 1. The molecule has 7 heteroatoms. The van der Waals surface area contributed by atoms with Gasteiger partial charge in [-0.25, -0.2) is 14.4 Å². The van der Waals surface area contributed by atoms with Gasteiger partial charge in [0.2, 0.25) is 0 Å². The van der Waals surface area contributed by atoms with Crippen LogP contribution in [0.15, 0.2) is 17.1 Å². The maximum Gasteiger partial charge on any atom is 0.255 e. The van der Waals surface area contributed by atoms with E-state index < -0.39 is 5.82 Å². The van der Waals surface area contributed by atoms with Gasteiger partial charge in [-0.3, -0.25) is 9.69 Å². The SMILES string of the molecule is O=c1[nH]c(C2CCCCC2)nc2c1CN(Cc1cc(F)cnc1Cl)CC2. The van der Waals surface area contributed by atoms with Crippen molar-refractivity contribution in [2.45, 2.75) is 57.5 Å². The maximum atomic E-state index is 13.4. The molecule has 0 spiro atoms. The molecule has 26 heavy (non-hydrogen) atoms.